The fraction of sp³-hybridized carbons (Fsp3) is 0.391. The van der Waals surface area contributed by atoms with Crippen molar-refractivity contribution in [2.75, 3.05) is 32.1 Å². The Morgan fingerprint density at radius 3 is 2.38 bits per heavy atom. The average molecular weight is 412 g/mol. The molecule has 154 valence electrons. The molecule has 29 heavy (non-hydrogen) atoms. The quantitative estimate of drug-likeness (QED) is 0.554. The molecule has 1 aromatic heterocycles. The Bertz CT molecular complexity index is 993. The maximum Gasteiger partial charge on any atom is 0.260 e. The molecule has 1 heterocycles. The second-order valence-electron chi connectivity index (χ2n) is 7.80. The van der Waals surface area contributed by atoms with Crippen molar-refractivity contribution in [3.8, 4) is 5.75 Å². The predicted octanol–water partition coefficient (Wildman–Crippen LogP) is 4.91. The number of hydrogen-bond acceptors (Lipinski definition) is 5. The third-order valence-corrected chi connectivity index (χ3v) is 5.84. The van der Waals surface area contributed by atoms with Crippen LogP contribution < -0.4 is 9.64 Å². The van der Waals surface area contributed by atoms with Gasteiger partial charge in [0, 0.05) is 18.7 Å². The Morgan fingerprint density at radius 2 is 1.76 bits per heavy atom. The van der Waals surface area contributed by atoms with Crippen LogP contribution >= 0.6 is 11.3 Å². The number of aromatic nitrogens is 1. The van der Waals surface area contributed by atoms with Crippen molar-refractivity contribution in [1.29, 1.82) is 0 Å². The molecule has 0 aliphatic rings. The van der Waals surface area contributed by atoms with Crippen molar-refractivity contribution in [3.63, 3.8) is 0 Å². The number of aryl methyl sites for hydroxylation is 2. The van der Waals surface area contributed by atoms with Gasteiger partial charge in [-0.1, -0.05) is 17.4 Å². The molecule has 6 heteroatoms. The van der Waals surface area contributed by atoms with Crippen molar-refractivity contribution in [3.05, 3.63) is 53.1 Å². The van der Waals surface area contributed by atoms with Gasteiger partial charge < -0.3 is 9.64 Å². The first kappa shape index (κ1) is 21.3. The molecular weight excluding hydrogens is 382 g/mol. The summed E-state index contributed by atoms with van der Waals surface area (Å²) < 4.78 is 6.80. The molecule has 0 N–H and O–H groups in total. The highest BCUT2D eigenvalue weighted by Gasteiger charge is 2.22. The minimum atomic E-state index is -0.0450. The van der Waals surface area contributed by atoms with Crippen LogP contribution in [0.3, 0.4) is 0 Å². The Balaban J connectivity index is 1.94. The third-order valence-electron chi connectivity index (χ3n) is 4.79. The number of carbonyl (C=O) groups excluding carboxylic acids is 1. The summed E-state index contributed by atoms with van der Waals surface area (Å²) in [5, 5.41) is 0.739. The zero-order valence-corrected chi connectivity index (χ0v) is 18.8. The standard InChI is InChI=1S/C23H29N3O2S/c1-15(2)28-19-10-8-18(9-11-19)22(27)26(14-13-25(5)6)23-24-21-17(4)16(3)7-12-20(21)29-23/h7-12,15H,13-14H2,1-6H3. The molecule has 0 fully saturated rings. The van der Waals surface area contributed by atoms with Gasteiger partial charge in [-0.25, -0.2) is 4.98 Å². The van der Waals surface area contributed by atoms with E-state index in [0.29, 0.717) is 12.1 Å². The zero-order valence-electron chi connectivity index (χ0n) is 18.0. The van der Waals surface area contributed by atoms with E-state index in [2.05, 4.69) is 30.9 Å². The molecule has 0 saturated heterocycles. The minimum absolute atomic E-state index is 0.0450. The van der Waals surface area contributed by atoms with E-state index in [1.54, 1.807) is 16.2 Å². The number of benzene rings is 2. The van der Waals surface area contributed by atoms with E-state index in [1.807, 2.05) is 52.2 Å². The number of amides is 1. The first-order chi connectivity index (χ1) is 13.8. The molecule has 0 bridgehead atoms. The number of anilines is 1. The summed E-state index contributed by atoms with van der Waals surface area (Å²) in [7, 11) is 4.01. The smallest absolute Gasteiger partial charge is 0.260 e. The van der Waals surface area contributed by atoms with Gasteiger partial charge >= 0.3 is 0 Å². The Labute approximate surface area is 176 Å². The normalized spacial score (nSPS) is 11.4. The number of carbonyl (C=O) groups is 1. The second kappa shape index (κ2) is 8.93. The molecule has 0 aliphatic heterocycles. The van der Waals surface area contributed by atoms with Gasteiger partial charge in [-0.05, 0) is 83.2 Å². The number of fused-ring (bicyclic) bond motifs is 1. The van der Waals surface area contributed by atoms with Crippen molar-refractivity contribution >= 4 is 32.6 Å². The largest absolute Gasteiger partial charge is 0.491 e. The summed E-state index contributed by atoms with van der Waals surface area (Å²) in [6.45, 7) is 9.48. The summed E-state index contributed by atoms with van der Waals surface area (Å²) in [5.74, 6) is 0.721. The SMILES string of the molecule is Cc1ccc2sc(N(CCN(C)C)C(=O)c3ccc(OC(C)C)cc3)nc2c1C. The van der Waals surface area contributed by atoms with Gasteiger partial charge in [0.05, 0.1) is 16.3 Å². The molecule has 0 unspecified atom stereocenters. The minimum Gasteiger partial charge on any atom is -0.491 e. The number of rotatable bonds is 7. The van der Waals surface area contributed by atoms with Crippen molar-refractivity contribution < 1.29 is 9.53 Å². The summed E-state index contributed by atoms with van der Waals surface area (Å²) in [5.41, 5.74) is 3.99. The lowest BCUT2D eigenvalue weighted by atomic mass is 10.1. The monoisotopic (exact) mass is 411 g/mol. The van der Waals surface area contributed by atoms with Crippen LogP contribution in [0.5, 0.6) is 5.75 Å². The predicted molar refractivity (Wildman–Crippen MR) is 122 cm³/mol. The summed E-state index contributed by atoms with van der Waals surface area (Å²) >= 11 is 1.57. The lowest BCUT2D eigenvalue weighted by Gasteiger charge is -2.22. The van der Waals surface area contributed by atoms with E-state index in [1.165, 1.54) is 11.1 Å². The van der Waals surface area contributed by atoms with E-state index in [4.69, 9.17) is 9.72 Å². The highest BCUT2D eigenvalue weighted by atomic mass is 32.1. The van der Waals surface area contributed by atoms with Gasteiger partial charge in [-0.15, -0.1) is 0 Å². The van der Waals surface area contributed by atoms with Crippen LogP contribution in [-0.2, 0) is 0 Å². The highest BCUT2D eigenvalue weighted by molar-refractivity contribution is 7.22. The molecule has 0 radical (unpaired) electrons. The lowest BCUT2D eigenvalue weighted by Crippen LogP contribution is -2.36. The number of nitrogens with zero attached hydrogens (tertiary/aromatic N) is 3. The second-order valence-corrected chi connectivity index (χ2v) is 8.81. The molecular formula is C23H29N3O2S. The van der Waals surface area contributed by atoms with Gasteiger partial charge in [0.2, 0.25) is 0 Å². The fourth-order valence-electron chi connectivity index (χ4n) is 3.02. The zero-order chi connectivity index (χ0) is 21.1. The Kier molecular flexibility index (Phi) is 6.55. The van der Waals surface area contributed by atoms with Gasteiger partial charge in [0.15, 0.2) is 5.13 Å². The van der Waals surface area contributed by atoms with Gasteiger partial charge in [0.1, 0.15) is 5.75 Å². The maximum atomic E-state index is 13.4. The fourth-order valence-corrected chi connectivity index (χ4v) is 4.07. The van der Waals surface area contributed by atoms with E-state index in [0.717, 1.165) is 27.6 Å². The highest BCUT2D eigenvalue weighted by Crippen LogP contribution is 2.32. The Morgan fingerprint density at radius 1 is 1.07 bits per heavy atom. The van der Waals surface area contributed by atoms with Crippen LogP contribution in [0.4, 0.5) is 5.13 Å². The number of thiazole rings is 1. The summed E-state index contributed by atoms with van der Waals surface area (Å²) in [6, 6.07) is 11.5. The van der Waals surface area contributed by atoms with Crippen molar-refractivity contribution in [2.45, 2.75) is 33.8 Å². The van der Waals surface area contributed by atoms with E-state index in [-0.39, 0.29) is 12.0 Å². The van der Waals surface area contributed by atoms with E-state index < -0.39 is 0 Å². The Hall–Kier alpha value is -2.44. The number of hydrogen-bond donors (Lipinski definition) is 0. The molecule has 3 aromatic rings. The van der Waals surface area contributed by atoms with Crippen LogP contribution in [0.2, 0.25) is 0 Å². The molecule has 0 atom stereocenters. The molecule has 0 saturated carbocycles. The van der Waals surface area contributed by atoms with Crippen molar-refractivity contribution in [2.24, 2.45) is 0 Å². The van der Waals surface area contributed by atoms with Crippen LogP contribution in [0.25, 0.3) is 10.2 Å². The third kappa shape index (κ3) is 4.95. The van der Waals surface area contributed by atoms with Gasteiger partial charge in [0.25, 0.3) is 5.91 Å². The topological polar surface area (TPSA) is 45.7 Å². The van der Waals surface area contributed by atoms with Crippen LogP contribution in [0, 0.1) is 13.8 Å². The van der Waals surface area contributed by atoms with Crippen molar-refractivity contribution in [1.82, 2.24) is 9.88 Å². The molecule has 3 rings (SSSR count). The lowest BCUT2D eigenvalue weighted by molar-refractivity contribution is 0.0985. The van der Waals surface area contributed by atoms with Gasteiger partial charge in [-0.2, -0.15) is 0 Å². The molecule has 0 aliphatic carbocycles. The summed E-state index contributed by atoms with van der Waals surface area (Å²) in [4.78, 5) is 22.0. The molecule has 1 amide bonds. The average Bonchev–Trinajstić information content (AvgIpc) is 3.09. The number of likely N-dealkylation sites (N-methyl/N-ethyl adjacent to an activating group) is 1. The molecule has 5 nitrogen and oxygen atoms in total. The van der Waals surface area contributed by atoms with Crippen LogP contribution in [0.1, 0.15) is 35.3 Å². The van der Waals surface area contributed by atoms with E-state index in [9.17, 15) is 4.79 Å². The van der Waals surface area contributed by atoms with Gasteiger partial charge in [-0.3, -0.25) is 9.69 Å². The van der Waals surface area contributed by atoms with Crippen LogP contribution in [0.15, 0.2) is 36.4 Å². The molecule has 2 aromatic carbocycles. The first-order valence-corrected chi connectivity index (χ1v) is 10.7. The first-order valence-electron chi connectivity index (χ1n) is 9.86. The molecule has 0 spiro atoms. The number of ether oxygens (including phenoxy) is 1. The van der Waals surface area contributed by atoms with E-state index >= 15 is 0 Å². The maximum absolute atomic E-state index is 13.4. The summed E-state index contributed by atoms with van der Waals surface area (Å²) in [6.07, 6.45) is 0.0996. The van der Waals surface area contributed by atoms with Crippen LogP contribution in [-0.4, -0.2) is 49.1 Å².